The van der Waals surface area contributed by atoms with E-state index in [-0.39, 0.29) is 6.61 Å². The van der Waals surface area contributed by atoms with Crippen molar-refractivity contribution >= 4 is 16.9 Å². The quantitative estimate of drug-likeness (QED) is 0.623. The molecule has 0 radical (unpaired) electrons. The van der Waals surface area contributed by atoms with Gasteiger partial charge in [-0.15, -0.1) is 0 Å². The van der Waals surface area contributed by atoms with Crippen LogP contribution >= 0.6 is 0 Å². The first-order valence-electron chi connectivity index (χ1n) is 7.85. The molecular formula is C19H23NO4. The van der Waals surface area contributed by atoms with Crippen LogP contribution in [0.3, 0.4) is 0 Å². The first-order valence-corrected chi connectivity index (χ1v) is 7.85. The van der Waals surface area contributed by atoms with Gasteiger partial charge in [-0.3, -0.25) is 0 Å². The van der Waals surface area contributed by atoms with Crippen molar-refractivity contribution in [3.05, 3.63) is 54.1 Å². The number of hydrogen-bond donors (Lipinski definition) is 1. The Balaban J connectivity index is 1.86. The Hall–Kier alpha value is -2.53. The molecule has 2 aromatic carbocycles. The second-order valence-corrected chi connectivity index (χ2v) is 5.53. The predicted molar refractivity (Wildman–Crippen MR) is 94.3 cm³/mol. The van der Waals surface area contributed by atoms with Gasteiger partial charge >= 0.3 is 6.16 Å². The van der Waals surface area contributed by atoms with E-state index < -0.39 is 6.16 Å². The van der Waals surface area contributed by atoms with Gasteiger partial charge in [0.2, 0.25) is 0 Å². The number of hydrogen-bond acceptors (Lipinski definition) is 5. The van der Waals surface area contributed by atoms with E-state index in [1.54, 1.807) is 12.1 Å². The number of likely N-dealkylation sites (N-methyl/N-ethyl adjacent to an activating group) is 1. The highest BCUT2D eigenvalue weighted by Crippen LogP contribution is 2.27. The summed E-state index contributed by atoms with van der Waals surface area (Å²) in [7, 11) is 3.29. The Bertz CT molecular complexity index is 712. The molecule has 128 valence electrons. The van der Waals surface area contributed by atoms with E-state index in [2.05, 4.69) is 9.64 Å². The van der Waals surface area contributed by atoms with Crippen molar-refractivity contribution in [3.63, 3.8) is 0 Å². The van der Waals surface area contributed by atoms with E-state index in [1.807, 2.05) is 43.5 Å². The summed E-state index contributed by atoms with van der Waals surface area (Å²) in [4.78, 5) is 12.9. The maximum absolute atomic E-state index is 10.8. The van der Waals surface area contributed by atoms with Crippen LogP contribution in [0.4, 0.5) is 4.79 Å². The van der Waals surface area contributed by atoms with Gasteiger partial charge in [-0.1, -0.05) is 36.4 Å². The summed E-state index contributed by atoms with van der Waals surface area (Å²) in [6.45, 7) is 1.74. The lowest BCUT2D eigenvalue weighted by Gasteiger charge is -2.16. The fourth-order valence-electron chi connectivity index (χ4n) is 2.48. The summed E-state index contributed by atoms with van der Waals surface area (Å²) in [5.74, 6) is 0.337. The summed E-state index contributed by atoms with van der Waals surface area (Å²) in [6, 6.07) is 11.7. The van der Waals surface area contributed by atoms with Crippen molar-refractivity contribution in [1.29, 1.82) is 0 Å². The highest BCUT2D eigenvalue weighted by Gasteiger charge is 2.07. The zero-order valence-corrected chi connectivity index (χ0v) is 14.1. The third-order valence-corrected chi connectivity index (χ3v) is 3.81. The molecule has 24 heavy (non-hydrogen) atoms. The smallest absolute Gasteiger partial charge is 0.508 e. The predicted octanol–water partition coefficient (Wildman–Crippen LogP) is 3.36. The van der Waals surface area contributed by atoms with Crippen LogP contribution in [-0.4, -0.2) is 50.0 Å². The van der Waals surface area contributed by atoms with Gasteiger partial charge in [-0.05, 0) is 36.4 Å². The molecule has 0 aliphatic rings. The Morgan fingerprint density at radius 2 is 2.00 bits per heavy atom. The van der Waals surface area contributed by atoms with Crippen LogP contribution in [0.25, 0.3) is 10.8 Å². The molecule has 5 nitrogen and oxygen atoms in total. The lowest BCUT2D eigenvalue weighted by Crippen LogP contribution is -2.21. The van der Waals surface area contributed by atoms with Crippen LogP contribution < -0.4 is 0 Å². The molecule has 0 aliphatic carbocycles. The zero-order valence-electron chi connectivity index (χ0n) is 14.1. The number of rotatable bonds is 7. The van der Waals surface area contributed by atoms with E-state index >= 15 is 0 Å². The van der Waals surface area contributed by atoms with Gasteiger partial charge in [-0.2, -0.15) is 0 Å². The fourth-order valence-corrected chi connectivity index (χ4v) is 2.48. The van der Waals surface area contributed by atoms with Crippen LogP contribution in [-0.2, 0) is 15.9 Å². The molecular weight excluding hydrogens is 306 g/mol. The molecule has 2 aromatic rings. The van der Waals surface area contributed by atoms with Crippen LogP contribution in [0.15, 0.2) is 48.6 Å². The van der Waals surface area contributed by atoms with Gasteiger partial charge in [0.1, 0.15) is 12.4 Å². The number of nitrogens with zero attached hydrogens (tertiary/aromatic N) is 1. The van der Waals surface area contributed by atoms with Crippen LogP contribution in [0.5, 0.6) is 5.75 Å². The largest absolute Gasteiger partial charge is 0.508 e. The molecule has 0 atom stereocenters. The minimum atomic E-state index is -0.681. The lowest BCUT2D eigenvalue weighted by atomic mass is 10.0. The summed E-state index contributed by atoms with van der Waals surface area (Å²) < 4.78 is 9.15. The van der Waals surface area contributed by atoms with E-state index in [0.29, 0.717) is 5.75 Å². The molecule has 0 spiro atoms. The maximum Gasteiger partial charge on any atom is 0.508 e. The third kappa shape index (κ3) is 4.99. The molecule has 0 bridgehead atoms. The monoisotopic (exact) mass is 329 g/mol. The highest BCUT2D eigenvalue weighted by atomic mass is 16.7. The highest BCUT2D eigenvalue weighted by molar-refractivity contribution is 5.87. The molecule has 0 saturated heterocycles. The molecule has 2 rings (SSSR count). The Morgan fingerprint density at radius 1 is 1.21 bits per heavy atom. The Kier molecular flexibility index (Phi) is 6.63. The molecule has 0 aliphatic heterocycles. The van der Waals surface area contributed by atoms with Crippen LogP contribution in [0.2, 0.25) is 0 Å². The number of phenolic OH excluding ortho intramolecular Hbond substituents is 1. The zero-order chi connectivity index (χ0) is 17.4. The Labute approximate surface area is 142 Å². The number of ether oxygens (including phenoxy) is 2. The third-order valence-electron chi connectivity index (χ3n) is 3.81. The molecule has 0 amide bonds. The number of fused-ring (bicyclic) bond motifs is 1. The van der Waals surface area contributed by atoms with Gasteiger partial charge in [0.05, 0.1) is 7.11 Å². The van der Waals surface area contributed by atoms with Crippen LogP contribution in [0, 0.1) is 0 Å². The van der Waals surface area contributed by atoms with E-state index in [9.17, 15) is 9.90 Å². The standard InChI is InChI=1S/C19H23NO4/c1-20(12-5-6-14-24-19(22)23-2)13-11-17-16-8-4-3-7-15(16)9-10-18(17)21/h3-10,21H,11-14H2,1-2H3/b6-5+. The minimum absolute atomic E-state index is 0.199. The average molecular weight is 329 g/mol. The van der Waals surface area contributed by atoms with Gasteiger partial charge in [0, 0.05) is 18.7 Å². The first-order chi connectivity index (χ1) is 11.6. The van der Waals surface area contributed by atoms with Crippen LogP contribution in [0.1, 0.15) is 5.56 Å². The molecule has 5 heteroatoms. The molecule has 0 aromatic heterocycles. The normalized spacial score (nSPS) is 11.3. The van der Waals surface area contributed by atoms with Gasteiger partial charge < -0.3 is 19.5 Å². The number of phenols is 1. The second kappa shape index (κ2) is 8.93. The van der Waals surface area contributed by atoms with Crippen molar-refractivity contribution in [2.45, 2.75) is 6.42 Å². The van der Waals surface area contributed by atoms with Gasteiger partial charge in [0.25, 0.3) is 0 Å². The molecule has 0 saturated carbocycles. The summed E-state index contributed by atoms with van der Waals surface area (Å²) in [5.41, 5.74) is 0.970. The fraction of sp³-hybridized carbons (Fsp3) is 0.316. The van der Waals surface area contributed by atoms with E-state index in [1.165, 1.54) is 7.11 Å². The average Bonchev–Trinajstić information content (AvgIpc) is 2.60. The van der Waals surface area contributed by atoms with Gasteiger partial charge in [-0.25, -0.2) is 4.79 Å². The summed E-state index contributed by atoms with van der Waals surface area (Å²) in [6.07, 6.45) is 3.80. The number of benzene rings is 2. The molecule has 0 unspecified atom stereocenters. The minimum Gasteiger partial charge on any atom is -0.508 e. The SMILES string of the molecule is COC(=O)OC/C=C/CN(C)CCc1c(O)ccc2ccccc12. The summed E-state index contributed by atoms with van der Waals surface area (Å²) in [5, 5.41) is 12.4. The van der Waals surface area contributed by atoms with Crippen molar-refractivity contribution in [2.24, 2.45) is 0 Å². The maximum atomic E-state index is 10.8. The lowest BCUT2D eigenvalue weighted by molar-refractivity contribution is 0.0817. The number of methoxy groups -OCH3 is 1. The molecule has 0 fully saturated rings. The topological polar surface area (TPSA) is 59.0 Å². The number of aromatic hydroxyl groups is 1. The second-order valence-electron chi connectivity index (χ2n) is 5.53. The Morgan fingerprint density at radius 3 is 2.79 bits per heavy atom. The van der Waals surface area contributed by atoms with E-state index in [0.717, 1.165) is 35.8 Å². The van der Waals surface area contributed by atoms with E-state index in [4.69, 9.17) is 4.74 Å². The number of carbonyl (C=O) groups excluding carboxylic acids is 1. The first kappa shape index (κ1) is 17.8. The number of carbonyl (C=O) groups is 1. The van der Waals surface area contributed by atoms with Gasteiger partial charge in [0.15, 0.2) is 0 Å². The molecule has 1 N–H and O–H groups in total. The van der Waals surface area contributed by atoms with Crippen molar-refractivity contribution < 1.29 is 19.4 Å². The van der Waals surface area contributed by atoms with Crippen molar-refractivity contribution in [1.82, 2.24) is 4.90 Å². The van der Waals surface area contributed by atoms with Crippen molar-refractivity contribution in [2.75, 3.05) is 33.9 Å². The molecule has 0 heterocycles. The summed E-state index contributed by atoms with van der Waals surface area (Å²) >= 11 is 0. The van der Waals surface area contributed by atoms with Crippen molar-refractivity contribution in [3.8, 4) is 5.75 Å².